The van der Waals surface area contributed by atoms with E-state index in [2.05, 4.69) is 15.2 Å². The van der Waals surface area contributed by atoms with Gasteiger partial charge in [-0.25, -0.2) is 9.37 Å². The van der Waals surface area contributed by atoms with Crippen molar-refractivity contribution >= 4 is 23.3 Å². The molecule has 1 fully saturated rings. The van der Waals surface area contributed by atoms with Crippen LogP contribution in [0.15, 0.2) is 12.1 Å². The number of hydrogen-bond acceptors (Lipinski definition) is 4. The lowest BCUT2D eigenvalue weighted by Gasteiger charge is -2.35. The Hall–Kier alpha value is -2.18. The number of pyridine rings is 1. The number of anilines is 2. The molecular formula is C14H17FN4O2. The lowest BCUT2D eigenvalue weighted by Crippen LogP contribution is -2.45. The van der Waals surface area contributed by atoms with Crippen LogP contribution in [0.2, 0.25) is 0 Å². The number of nitrogens with one attached hydrogen (secondary N) is 1. The van der Waals surface area contributed by atoms with Gasteiger partial charge < -0.3 is 10.2 Å². The first-order valence-electron chi connectivity index (χ1n) is 7.01. The van der Waals surface area contributed by atoms with Gasteiger partial charge in [-0.3, -0.25) is 14.5 Å². The Morgan fingerprint density at radius 1 is 1.48 bits per heavy atom. The van der Waals surface area contributed by atoms with Crippen molar-refractivity contribution in [2.45, 2.75) is 19.4 Å². The maximum Gasteiger partial charge on any atom is 0.270 e. The van der Waals surface area contributed by atoms with Gasteiger partial charge in [-0.1, -0.05) is 0 Å². The van der Waals surface area contributed by atoms with Crippen LogP contribution in [-0.4, -0.2) is 49.1 Å². The topological polar surface area (TPSA) is 65.5 Å². The van der Waals surface area contributed by atoms with E-state index in [0.717, 1.165) is 25.2 Å². The minimum atomic E-state index is -0.619. The van der Waals surface area contributed by atoms with Crippen LogP contribution < -0.4 is 15.1 Å². The van der Waals surface area contributed by atoms with Crippen molar-refractivity contribution in [3.05, 3.63) is 17.8 Å². The van der Waals surface area contributed by atoms with Crippen molar-refractivity contribution in [2.24, 2.45) is 0 Å². The molecule has 7 heteroatoms. The Kier molecular flexibility index (Phi) is 3.48. The molecule has 0 spiro atoms. The highest BCUT2D eigenvalue weighted by Crippen LogP contribution is 2.38. The van der Waals surface area contributed by atoms with Crippen LogP contribution in [0.1, 0.15) is 23.8 Å². The molecule has 1 N–H and O–H groups in total. The summed E-state index contributed by atoms with van der Waals surface area (Å²) in [7, 11) is 0. The zero-order valence-electron chi connectivity index (χ0n) is 11.8. The highest BCUT2D eigenvalue weighted by Gasteiger charge is 2.39. The zero-order chi connectivity index (χ0) is 15.0. The third-order valence-electron chi connectivity index (χ3n) is 3.90. The Labute approximate surface area is 121 Å². The molecule has 6 nitrogen and oxygen atoms in total. The molecule has 1 aromatic heterocycles. The molecule has 0 radical (unpaired) electrons. The molecule has 21 heavy (non-hydrogen) atoms. The summed E-state index contributed by atoms with van der Waals surface area (Å²) >= 11 is 0. The predicted molar refractivity (Wildman–Crippen MR) is 76.3 cm³/mol. The molecule has 0 saturated carbocycles. The number of amides is 2. The molecule has 1 saturated heterocycles. The summed E-state index contributed by atoms with van der Waals surface area (Å²) in [6.45, 7) is 2.54. The summed E-state index contributed by atoms with van der Waals surface area (Å²) in [6.07, 6.45) is 0.902. The Morgan fingerprint density at radius 2 is 2.29 bits per heavy atom. The van der Waals surface area contributed by atoms with Crippen LogP contribution in [0.25, 0.3) is 0 Å². The van der Waals surface area contributed by atoms with E-state index in [-0.39, 0.29) is 24.2 Å². The lowest BCUT2D eigenvalue weighted by molar-refractivity contribution is -0.117. The summed E-state index contributed by atoms with van der Waals surface area (Å²) in [5.74, 6) is 0.0348. The van der Waals surface area contributed by atoms with E-state index in [1.54, 1.807) is 11.0 Å². The molecule has 2 aliphatic heterocycles. The molecular weight excluding hydrogens is 275 g/mol. The summed E-state index contributed by atoms with van der Waals surface area (Å²) in [4.78, 5) is 32.0. The van der Waals surface area contributed by atoms with E-state index in [9.17, 15) is 14.0 Å². The average Bonchev–Trinajstić information content (AvgIpc) is 2.88. The first-order valence-corrected chi connectivity index (χ1v) is 7.01. The number of halogens is 1. The van der Waals surface area contributed by atoms with Crippen LogP contribution in [0.5, 0.6) is 0 Å². The van der Waals surface area contributed by atoms with Gasteiger partial charge in [0.2, 0.25) is 5.91 Å². The first kappa shape index (κ1) is 13.8. The number of rotatable bonds is 3. The minimum Gasteiger partial charge on any atom is -0.366 e. The summed E-state index contributed by atoms with van der Waals surface area (Å²) in [6, 6.07) is 3.54. The van der Waals surface area contributed by atoms with E-state index >= 15 is 0 Å². The second kappa shape index (κ2) is 5.31. The molecule has 0 unspecified atom stereocenters. The van der Waals surface area contributed by atoms with E-state index in [1.165, 1.54) is 6.92 Å². The predicted octanol–water partition coefficient (Wildman–Crippen LogP) is 0.726. The van der Waals surface area contributed by atoms with E-state index in [4.69, 9.17) is 0 Å². The van der Waals surface area contributed by atoms with Crippen LogP contribution in [0, 0.1) is 0 Å². The molecule has 2 amide bonds. The third-order valence-corrected chi connectivity index (χ3v) is 3.90. The summed E-state index contributed by atoms with van der Waals surface area (Å²) in [5.41, 5.74) is 1.08. The monoisotopic (exact) mass is 292 g/mol. The van der Waals surface area contributed by atoms with Gasteiger partial charge in [0.15, 0.2) is 5.82 Å². The van der Waals surface area contributed by atoms with Crippen molar-refractivity contribution < 1.29 is 14.0 Å². The standard InChI is InChI=1S/C14H17FN4O2/c1-9(20)19-10-4-7-18(8-10)12-3-2-11(17-13(12)19)14(21)16-6-5-15/h2-3,10H,4-8H2,1H3,(H,16,21)/t10-/m0/s1. The molecule has 1 aromatic rings. The fraction of sp³-hybridized carbons (Fsp3) is 0.500. The molecule has 112 valence electrons. The molecule has 2 aliphatic rings. The SMILES string of the molecule is CC(=O)N1c2nc(C(=O)NCCF)ccc2N2CC[C@H]1C2. The van der Waals surface area contributed by atoms with Crippen LogP contribution >= 0.6 is 0 Å². The fourth-order valence-electron chi connectivity index (χ4n) is 2.99. The summed E-state index contributed by atoms with van der Waals surface area (Å²) < 4.78 is 12.1. The second-order valence-corrected chi connectivity index (χ2v) is 5.26. The van der Waals surface area contributed by atoms with Crippen LogP contribution in [-0.2, 0) is 4.79 Å². The number of carbonyl (C=O) groups is 2. The van der Waals surface area contributed by atoms with Crippen molar-refractivity contribution in [1.29, 1.82) is 0 Å². The normalized spacial score (nSPS) is 19.4. The van der Waals surface area contributed by atoms with E-state index in [1.807, 2.05) is 6.07 Å². The zero-order valence-corrected chi connectivity index (χ0v) is 11.8. The van der Waals surface area contributed by atoms with Gasteiger partial charge in [-0.05, 0) is 18.6 Å². The molecule has 2 bridgehead atoms. The number of fused-ring (bicyclic) bond motifs is 4. The first-order chi connectivity index (χ1) is 10.1. The molecule has 0 aliphatic carbocycles. The maximum atomic E-state index is 12.1. The highest BCUT2D eigenvalue weighted by atomic mass is 19.1. The minimum absolute atomic E-state index is 0.0389. The van der Waals surface area contributed by atoms with Crippen molar-refractivity contribution in [1.82, 2.24) is 10.3 Å². The van der Waals surface area contributed by atoms with Crippen LogP contribution in [0.3, 0.4) is 0 Å². The summed E-state index contributed by atoms with van der Waals surface area (Å²) in [5, 5.41) is 2.44. The molecule has 3 heterocycles. The second-order valence-electron chi connectivity index (χ2n) is 5.26. The largest absolute Gasteiger partial charge is 0.366 e. The van der Waals surface area contributed by atoms with Gasteiger partial charge in [-0.15, -0.1) is 0 Å². The third kappa shape index (κ3) is 2.32. The van der Waals surface area contributed by atoms with Crippen molar-refractivity contribution in [3.63, 3.8) is 0 Å². The van der Waals surface area contributed by atoms with Crippen molar-refractivity contribution in [2.75, 3.05) is 36.1 Å². The fourth-order valence-corrected chi connectivity index (χ4v) is 2.99. The quantitative estimate of drug-likeness (QED) is 0.892. The number of hydrogen-bond donors (Lipinski definition) is 1. The van der Waals surface area contributed by atoms with Crippen LogP contribution in [0.4, 0.5) is 15.9 Å². The number of carbonyl (C=O) groups excluding carboxylic acids is 2. The molecule has 1 atom stereocenters. The van der Waals surface area contributed by atoms with Gasteiger partial charge in [0.05, 0.1) is 11.7 Å². The maximum absolute atomic E-state index is 12.1. The number of aromatic nitrogens is 1. The smallest absolute Gasteiger partial charge is 0.270 e. The van der Waals surface area contributed by atoms with Gasteiger partial charge in [0.1, 0.15) is 12.4 Å². The Bertz CT molecular complexity index is 592. The molecule has 3 rings (SSSR count). The van der Waals surface area contributed by atoms with Gasteiger partial charge in [-0.2, -0.15) is 0 Å². The number of alkyl halides is 1. The molecule has 0 aromatic carbocycles. The van der Waals surface area contributed by atoms with Gasteiger partial charge in [0, 0.05) is 26.6 Å². The van der Waals surface area contributed by atoms with Gasteiger partial charge in [0.25, 0.3) is 5.91 Å². The Balaban J connectivity index is 1.96. The van der Waals surface area contributed by atoms with E-state index < -0.39 is 12.6 Å². The lowest BCUT2D eigenvalue weighted by atomic mass is 10.1. The van der Waals surface area contributed by atoms with E-state index in [0.29, 0.717) is 5.82 Å². The number of nitrogens with zero attached hydrogens (tertiary/aromatic N) is 3. The average molecular weight is 292 g/mol. The highest BCUT2D eigenvalue weighted by molar-refractivity contribution is 5.98. The van der Waals surface area contributed by atoms with Crippen molar-refractivity contribution in [3.8, 4) is 0 Å². The Morgan fingerprint density at radius 3 is 3.00 bits per heavy atom. The van der Waals surface area contributed by atoms with Gasteiger partial charge >= 0.3 is 0 Å².